The Morgan fingerprint density at radius 2 is 1.65 bits per heavy atom. The number of hydrogen-bond donors (Lipinski definition) is 4. The lowest BCUT2D eigenvalue weighted by molar-refractivity contribution is -0.117. The number of carboxylic acids is 2. The van der Waals surface area contributed by atoms with Crippen molar-refractivity contribution in [2.75, 3.05) is 18.4 Å². The van der Waals surface area contributed by atoms with Crippen LogP contribution in [0.2, 0.25) is 0 Å². The summed E-state index contributed by atoms with van der Waals surface area (Å²) in [4.78, 5) is 33.6. The Kier molecular flexibility index (Phi) is 3.99. The van der Waals surface area contributed by atoms with E-state index in [0.29, 0.717) is 6.42 Å². The Labute approximate surface area is 114 Å². The van der Waals surface area contributed by atoms with E-state index >= 15 is 0 Å². The van der Waals surface area contributed by atoms with Crippen LogP contribution in [-0.4, -0.2) is 41.1 Å². The first kappa shape index (κ1) is 14.0. The van der Waals surface area contributed by atoms with Gasteiger partial charge < -0.3 is 20.8 Å². The quantitative estimate of drug-likeness (QED) is 0.628. The first-order valence-corrected chi connectivity index (χ1v) is 6.08. The van der Waals surface area contributed by atoms with Crippen molar-refractivity contribution in [3.63, 3.8) is 0 Å². The van der Waals surface area contributed by atoms with Crippen LogP contribution in [0.1, 0.15) is 27.1 Å². The lowest BCUT2D eigenvalue weighted by atomic mass is 9.99. The van der Waals surface area contributed by atoms with Gasteiger partial charge in [0.1, 0.15) is 0 Å². The normalized spacial score (nSPS) is 14.4. The summed E-state index contributed by atoms with van der Waals surface area (Å²) in [5, 5.41) is 23.4. The van der Waals surface area contributed by atoms with Crippen molar-refractivity contribution in [2.45, 2.75) is 6.42 Å². The highest BCUT2D eigenvalue weighted by Crippen LogP contribution is 2.17. The smallest absolute Gasteiger partial charge is 0.335 e. The molecule has 0 saturated carbocycles. The minimum Gasteiger partial charge on any atom is -0.478 e. The molecular formula is C13H14N2O5. The van der Waals surface area contributed by atoms with E-state index < -0.39 is 11.9 Å². The van der Waals surface area contributed by atoms with E-state index in [0.717, 1.165) is 19.2 Å². The van der Waals surface area contributed by atoms with E-state index in [2.05, 4.69) is 10.6 Å². The van der Waals surface area contributed by atoms with E-state index in [1.54, 1.807) is 0 Å². The highest BCUT2D eigenvalue weighted by Gasteiger charge is 2.20. The predicted molar refractivity (Wildman–Crippen MR) is 70.0 cm³/mol. The van der Waals surface area contributed by atoms with Crippen LogP contribution in [0.5, 0.6) is 0 Å². The molecule has 1 amide bonds. The van der Waals surface area contributed by atoms with E-state index in [4.69, 9.17) is 10.2 Å². The Balaban J connectivity index is 2.14. The maximum Gasteiger partial charge on any atom is 0.335 e. The topological polar surface area (TPSA) is 116 Å². The Bertz CT molecular complexity index is 534. The summed E-state index contributed by atoms with van der Waals surface area (Å²) >= 11 is 0. The number of carboxylic acid groups (broad SMARTS) is 2. The predicted octanol–water partition coefficient (Wildman–Crippen LogP) is 0.631. The molecule has 4 N–H and O–H groups in total. The third kappa shape index (κ3) is 3.33. The maximum absolute atomic E-state index is 11.7. The Hall–Kier alpha value is -2.41. The molecule has 0 spiro atoms. The fourth-order valence-electron chi connectivity index (χ4n) is 1.91. The van der Waals surface area contributed by atoms with Crippen molar-refractivity contribution in [3.8, 4) is 0 Å². The molecule has 106 valence electrons. The number of amides is 1. The van der Waals surface area contributed by atoms with Gasteiger partial charge in [0.15, 0.2) is 0 Å². The lowest BCUT2D eigenvalue weighted by Gasteiger charge is -2.26. The fourth-order valence-corrected chi connectivity index (χ4v) is 1.91. The minimum absolute atomic E-state index is 0.175. The first-order chi connectivity index (χ1) is 9.45. The zero-order chi connectivity index (χ0) is 14.7. The van der Waals surface area contributed by atoms with Crippen LogP contribution in [0, 0.1) is 5.92 Å². The average Bonchev–Trinajstić information content (AvgIpc) is 2.33. The summed E-state index contributed by atoms with van der Waals surface area (Å²) in [6.45, 7) is 1.56. The molecule has 7 nitrogen and oxygen atoms in total. The van der Waals surface area contributed by atoms with Crippen LogP contribution in [0.4, 0.5) is 5.69 Å². The summed E-state index contributed by atoms with van der Waals surface area (Å²) in [6, 6.07) is 3.54. The third-order valence-electron chi connectivity index (χ3n) is 3.05. The second-order valence-electron chi connectivity index (χ2n) is 4.69. The molecule has 0 aliphatic carbocycles. The number of nitrogens with one attached hydrogen (secondary N) is 2. The van der Waals surface area contributed by atoms with Crippen molar-refractivity contribution in [3.05, 3.63) is 29.3 Å². The van der Waals surface area contributed by atoms with Gasteiger partial charge in [0.25, 0.3) is 0 Å². The standard InChI is InChI=1S/C13H14N2O5/c16-11(1-7-5-14-6-7)15-10-3-8(12(17)18)2-9(4-10)13(19)20/h2-4,7,14H,1,5-6H2,(H,15,16)(H,17,18)(H,19,20). The molecule has 1 aromatic carbocycles. The van der Waals surface area contributed by atoms with Gasteiger partial charge in [-0.05, 0) is 37.2 Å². The van der Waals surface area contributed by atoms with Crippen molar-refractivity contribution in [2.24, 2.45) is 5.92 Å². The first-order valence-electron chi connectivity index (χ1n) is 6.08. The number of aromatic carboxylic acids is 2. The van der Waals surface area contributed by atoms with Gasteiger partial charge in [-0.3, -0.25) is 4.79 Å². The second-order valence-corrected chi connectivity index (χ2v) is 4.69. The lowest BCUT2D eigenvalue weighted by Crippen LogP contribution is -2.43. The number of benzene rings is 1. The summed E-state index contributed by atoms with van der Waals surface area (Å²) in [5.41, 5.74) is -0.171. The molecule has 1 heterocycles. The summed E-state index contributed by atoms with van der Waals surface area (Å²) in [6.07, 6.45) is 0.326. The van der Waals surface area contributed by atoms with Crippen LogP contribution < -0.4 is 10.6 Å². The Morgan fingerprint density at radius 1 is 1.10 bits per heavy atom. The van der Waals surface area contributed by atoms with Gasteiger partial charge in [-0.15, -0.1) is 0 Å². The average molecular weight is 278 g/mol. The number of carbonyl (C=O) groups is 3. The molecule has 1 fully saturated rings. The summed E-state index contributed by atoms with van der Waals surface area (Å²) in [7, 11) is 0. The second kappa shape index (κ2) is 5.70. The maximum atomic E-state index is 11.7. The van der Waals surface area contributed by atoms with Crippen LogP contribution in [0.15, 0.2) is 18.2 Å². The largest absolute Gasteiger partial charge is 0.478 e. The van der Waals surface area contributed by atoms with Gasteiger partial charge in [0, 0.05) is 12.1 Å². The molecular weight excluding hydrogens is 264 g/mol. The molecule has 1 aromatic rings. The highest BCUT2D eigenvalue weighted by molar-refractivity contribution is 5.98. The van der Waals surface area contributed by atoms with Gasteiger partial charge in [-0.2, -0.15) is 0 Å². The van der Waals surface area contributed by atoms with Crippen molar-refractivity contribution < 1.29 is 24.6 Å². The summed E-state index contributed by atoms with van der Waals surface area (Å²) in [5.74, 6) is -2.47. The summed E-state index contributed by atoms with van der Waals surface area (Å²) < 4.78 is 0. The molecule has 1 saturated heterocycles. The van der Waals surface area contributed by atoms with Crippen LogP contribution in [0.25, 0.3) is 0 Å². The number of hydrogen-bond acceptors (Lipinski definition) is 4. The van der Waals surface area contributed by atoms with Gasteiger partial charge in [0.05, 0.1) is 11.1 Å². The van der Waals surface area contributed by atoms with Crippen LogP contribution in [0.3, 0.4) is 0 Å². The monoisotopic (exact) mass is 278 g/mol. The van der Waals surface area contributed by atoms with Gasteiger partial charge in [-0.25, -0.2) is 9.59 Å². The fraction of sp³-hybridized carbons (Fsp3) is 0.308. The molecule has 0 aromatic heterocycles. The van der Waals surface area contributed by atoms with Crippen LogP contribution in [-0.2, 0) is 4.79 Å². The van der Waals surface area contributed by atoms with Gasteiger partial charge in [0.2, 0.25) is 5.91 Å². The molecule has 1 aliphatic rings. The highest BCUT2D eigenvalue weighted by atomic mass is 16.4. The molecule has 0 radical (unpaired) electrons. The van der Waals surface area contributed by atoms with Crippen molar-refractivity contribution >= 4 is 23.5 Å². The molecule has 0 atom stereocenters. The van der Waals surface area contributed by atoms with E-state index in [1.165, 1.54) is 12.1 Å². The van der Waals surface area contributed by atoms with Gasteiger partial charge >= 0.3 is 11.9 Å². The SMILES string of the molecule is O=C(CC1CNC1)Nc1cc(C(=O)O)cc(C(=O)O)c1. The zero-order valence-electron chi connectivity index (χ0n) is 10.5. The molecule has 7 heteroatoms. The Morgan fingerprint density at radius 3 is 2.05 bits per heavy atom. The van der Waals surface area contributed by atoms with E-state index in [-0.39, 0.29) is 28.6 Å². The molecule has 0 unspecified atom stereocenters. The van der Waals surface area contributed by atoms with E-state index in [9.17, 15) is 14.4 Å². The van der Waals surface area contributed by atoms with Crippen molar-refractivity contribution in [1.29, 1.82) is 0 Å². The molecule has 20 heavy (non-hydrogen) atoms. The number of anilines is 1. The molecule has 1 aliphatic heterocycles. The number of carbonyl (C=O) groups excluding carboxylic acids is 1. The van der Waals surface area contributed by atoms with Crippen molar-refractivity contribution in [1.82, 2.24) is 5.32 Å². The van der Waals surface area contributed by atoms with Gasteiger partial charge in [-0.1, -0.05) is 0 Å². The van der Waals surface area contributed by atoms with Crippen LogP contribution >= 0.6 is 0 Å². The molecule has 0 bridgehead atoms. The zero-order valence-corrected chi connectivity index (χ0v) is 10.5. The minimum atomic E-state index is -1.24. The molecule has 2 rings (SSSR count). The van der Waals surface area contributed by atoms with E-state index in [1.807, 2.05) is 0 Å². The number of rotatable bonds is 5. The third-order valence-corrected chi connectivity index (χ3v) is 3.05.